The molecule has 10 heteroatoms. The van der Waals surface area contributed by atoms with Crippen molar-refractivity contribution in [2.75, 3.05) is 20.6 Å². The molecule has 4 amide bonds. The number of aromatic nitrogens is 1. The maximum Gasteiger partial charge on any atom is 0.327 e. The number of fused-ring (bicyclic) bond motifs is 1. The Balaban J connectivity index is 1.34. The van der Waals surface area contributed by atoms with Gasteiger partial charge in [0.25, 0.3) is 11.8 Å². The summed E-state index contributed by atoms with van der Waals surface area (Å²) in [6.45, 7) is 1.27. The molecule has 2 aliphatic rings. The average Bonchev–Trinajstić information content (AvgIpc) is 3.28. The van der Waals surface area contributed by atoms with Crippen molar-refractivity contribution >= 4 is 45.4 Å². The quantitative estimate of drug-likeness (QED) is 0.473. The molecule has 1 spiro atoms. The lowest BCUT2D eigenvalue weighted by molar-refractivity contribution is -0.160. The second-order valence-corrected chi connectivity index (χ2v) is 9.84. The van der Waals surface area contributed by atoms with Crippen molar-refractivity contribution in [2.24, 2.45) is 0 Å². The lowest BCUT2D eigenvalue weighted by atomic mass is 9.81. The highest BCUT2D eigenvalue weighted by Crippen LogP contribution is 2.39. The van der Waals surface area contributed by atoms with Crippen LogP contribution >= 0.6 is 11.3 Å². The first-order valence-electron chi connectivity index (χ1n) is 11.1. The molecule has 4 rings (SSSR count). The second-order valence-electron chi connectivity index (χ2n) is 8.73. The van der Waals surface area contributed by atoms with E-state index in [0.29, 0.717) is 12.8 Å². The Morgan fingerprint density at radius 2 is 1.91 bits per heavy atom. The topological polar surface area (TPSA) is 100 Å². The van der Waals surface area contributed by atoms with Crippen LogP contribution in [0.1, 0.15) is 44.0 Å². The zero-order valence-corrected chi connectivity index (χ0v) is 19.9. The third kappa shape index (κ3) is 4.31. The molecule has 1 aliphatic carbocycles. The molecule has 0 N–H and O–H groups in total. The monoisotopic (exact) mass is 472 g/mol. The van der Waals surface area contributed by atoms with E-state index in [2.05, 4.69) is 4.98 Å². The van der Waals surface area contributed by atoms with Crippen molar-refractivity contribution in [3.63, 3.8) is 0 Å². The summed E-state index contributed by atoms with van der Waals surface area (Å²) in [5.74, 6) is -1.52. The van der Waals surface area contributed by atoms with Crippen molar-refractivity contribution < 1.29 is 23.9 Å². The number of imide groups is 1. The summed E-state index contributed by atoms with van der Waals surface area (Å²) in [5.41, 5.74) is 0.0209. The summed E-state index contributed by atoms with van der Waals surface area (Å²) in [4.78, 5) is 59.3. The van der Waals surface area contributed by atoms with Gasteiger partial charge in [0.15, 0.2) is 6.10 Å². The van der Waals surface area contributed by atoms with Crippen molar-refractivity contribution in [1.82, 2.24) is 19.7 Å². The molecule has 9 nitrogen and oxygen atoms in total. The summed E-state index contributed by atoms with van der Waals surface area (Å²) in [5, 5.41) is 0.777. The molecule has 176 valence electrons. The molecule has 33 heavy (non-hydrogen) atoms. The van der Waals surface area contributed by atoms with Gasteiger partial charge in [0, 0.05) is 14.1 Å². The highest BCUT2D eigenvalue weighted by molar-refractivity contribution is 7.18. The van der Waals surface area contributed by atoms with Crippen LogP contribution in [0.25, 0.3) is 10.2 Å². The third-order valence-electron chi connectivity index (χ3n) is 6.51. The fourth-order valence-electron chi connectivity index (χ4n) is 4.66. The van der Waals surface area contributed by atoms with E-state index in [4.69, 9.17) is 4.74 Å². The number of para-hydroxylation sites is 1. The van der Waals surface area contributed by atoms with E-state index in [1.807, 2.05) is 24.3 Å². The number of benzene rings is 1. The van der Waals surface area contributed by atoms with Gasteiger partial charge < -0.3 is 14.5 Å². The number of urea groups is 1. The van der Waals surface area contributed by atoms with Gasteiger partial charge in [-0.05, 0) is 31.9 Å². The van der Waals surface area contributed by atoms with Crippen LogP contribution in [-0.4, -0.2) is 75.8 Å². The lowest BCUT2D eigenvalue weighted by Gasteiger charge is -2.35. The lowest BCUT2D eigenvalue weighted by Crippen LogP contribution is -2.49. The Hall–Kier alpha value is -3.01. The first-order valence-corrected chi connectivity index (χ1v) is 11.9. The van der Waals surface area contributed by atoms with E-state index in [0.717, 1.165) is 39.4 Å². The van der Waals surface area contributed by atoms with Crippen LogP contribution in [0.15, 0.2) is 24.3 Å². The number of hydrogen-bond acceptors (Lipinski definition) is 7. The predicted octanol–water partition coefficient (Wildman–Crippen LogP) is 2.78. The molecular formula is C23H28N4O5S. The predicted molar refractivity (Wildman–Crippen MR) is 122 cm³/mol. The molecule has 1 aromatic carbocycles. The molecule has 0 radical (unpaired) electrons. The summed E-state index contributed by atoms with van der Waals surface area (Å²) >= 11 is 1.50. The standard InChI is InChI=1S/C23H28N4O5S/c1-15(20(29)25(2)13-18-24-16-9-5-6-10-17(16)33-18)32-19(28)14-27-21(30)23(26(3)22(27)31)11-7-4-8-12-23/h5-6,9-10,15H,4,7-8,11-14H2,1-3H3. The SMILES string of the molecule is CC(OC(=O)CN1C(=O)N(C)C2(CCCCC2)C1=O)C(=O)N(C)Cc1nc2ccccc2s1. The van der Waals surface area contributed by atoms with Crippen LogP contribution in [0.3, 0.4) is 0 Å². The molecule has 2 heterocycles. The Morgan fingerprint density at radius 3 is 2.61 bits per heavy atom. The Kier molecular flexibility index (Phi) is 6.38. The number of rotatable bonds is 6. The summed E-state index contributed by atoms with van der Waals surface area (Å²) in [7, 11) is 3.23. The Bertz CT molecular complexity index is 1060. The summed E-state index contributed by atoms with van der Waals surface area (Å²) < 4.78 is 6.32. The number of amides is 4. The van der Waals surface area contributed by atoms with E-state index in [1.54, 1.807) is 14.1 Å². The molecule has 0 bridgehead atoms. The number of thiazole rings is 1. The number of hydrogen-bond donors (Lipinski definition) is 0. The van der Waals surface area contributed by atoms with Gasteiger partial charge in [0.2, 0.25) is 0 Å². The van der Waals surface area contributed by atoms with Crippen molar-refractivity contribution in [1.29, 1.82) is 0 Å². The van der Waals surface area contributed by atoms with Gasteiger partial charge in [-0.2, -0.15) is 0 Å². The molecular weight excluding hydrogens is 444 g/mol. The number of likely N-dealkylation sites (N-methyl/N-ethyl adjacent to an activating group) is 2. The third-order valence-corrected chi connectivity index (χ3v) is 7.54. The van der Waals surface area contributed by atoms with Gasteiger partial charge >= 0.3 is 12.0 Å². The number of carbonyl (C=O) groups excluding carboxylic acids is 4. The van der Waals surface area contributed by atoms with E-state index in [1.165, 1.54) is 28.1 Å². The van der Waals surface area contributed by atoms with Gasteiger partial charge in [-0.25, -0.2) is 9.78 Å². The maximum atomic E-state index is 13.0. The van der Waals surface area contributed by atoms with E-state index in [9.17, 15) is 19.2 Å². The van der Waals surface area contributed by atoms with Crippen LogP contribution in [0, 0.1) is 0 Å². The fourth-order valence-corrected chi connectivity index (χ4v) is 5.68. The van der Waals surface area contributed by atoms with Gasteiger partial charge in [-0.3, -0.25) is 19.3 Å². The van der Waals surface area contributed by atoms with Crippen LogP contribution < -0.4 is 0 Å². The van der Waals surface area contributed by atoms with E-state index < -0.39 is 30.2 Å². The van der Waals surface area contributed by atoms with Gasteiger partial charge in [-0.1, -0.05) is 31.4 Å². The number of carbonyl (C=O) groups is 4. The molecule has 2 fully saturated rings. The zero-order valence-electron chi connectivity index (χ0n) is 19.1. The largest absolute Gasteiger partial charge is 0.451 e. The molecule has 2 aromatic rings. The summed E-state index contributed by atoms with van der Waals surface area (Å²) in [6, 6.07) is 7.23. The maximum absolute atomic E-state index is 13.0. The average molecular weight is 473 g/mol. The minimum atomic E-state index is -1.05. The van der Waals surface area contributed by atoms with Crippen LogP contribution in [0.4, 0.5) is 4.79 Å². The Labute approximate surface area is 196 Å². The van der Waals surface area contributed by atoms with Crippen molar-refractivity contribution in [3.8, 4) is 0 Å². The highest BCUT2D eigenvalue weighted by Gasteiger charge is 2.56. The highest BCUT2D eigenvalue weighted by atomic mass is 32.1. The smallest absolute Gasteiger partial charge is 0.327 e. The van der Waals surface area contributed by atoms with E-state index >= 15 is 0 Å². The van der Waals surface area contributed by atoms with Crippen LogP contribution in [0.2, 0.25) is 0 Å². The minimum Gasteiger partial charge on any atom is -0.451 e. The molecule has 1 unspecified atom stereocenters. The van der Waals surface area contributed by atoms with Gasteiger partial charge in [0.05, 0.1) is 16.8 Å². The van der Waals surface area contributed by atoms with Crippen molar-refractivity contribution in [2.45, 2.75) is 57.2 Å². The van der Waals surface area contributed by atoms with Gasteiger partial charge in [-0.15, -0.1) is 11.3 Å². The molecule has 1 aromatic heterocycles. The zero-order chi connectivity index (χ0) is 23.8. The molecule has 1 atom stereocenters. The Morgan fingerprint density at radius 1 is 1.21 bits per heavy atom. The first kappa shape index (κ1) is 23.2. The van der Waals surface area contributed by atoms with E-state index in [-0.39, 0.29) is 18.4 Å². The van der Waals surface area contributed by atoms with Gasteiger partial charge in [0.1, 0.15) is 17.1 Å². The fraction of sp³-hybridized carbons (Fsp3) is 0.522. The first-order chi connectivity index (χ1) is 15.7. The van der Waals surface area contributed by atoms with Crippen LogP contribution in [0.5, 0.6) is 0 Å². The normalized spacial score (nSPS) is 18.8. The molecule has 1 saturated carbocycles. The number of esters is 1. The number of ether oxygens (including phenoxy) is 1. The molecule has 1 aliphatic heterocycles. The second kappa shape index (κ2) is 9.09. The molecule has 1 saturated heterocycles. The minimum absolute atomic E-state index is 0.288. The van der Waals surface area contributed by atoms with Crippen molar-refractivity contribution in [3.05, 3.63) is 29.3 Å². The summed E-state index contributed by atoms with van der Waals surface area (Å²) in [6.07, 6.45) is 2.92. The number of nitrogens with zero attached hydrogens (tertiary/aromatic N) is 4. The van der Waals surface area contributed by atoms with Crippen LogP contribution in [-0.2, 0) is 25.7 Å².